The molecule has 0 spiro atoms. The highest BCUT2D eigenvalue weighted by molar-refractivity contribution is 5.14. The molecule has 2 nitrogen and oxygen atoms in total. The summed E-state index contributed by atoms with van der Waals surface area (Å²) < 4.78 is 13.4. The normalized spacial score (nSPS) is 26.5. The van der Waals surface area contributed by atoms with Crippen LogP contribution in [0.4, 0.5) is 4.39 Å². The number of hydrogen-bond acceptors (Lipinski definition) is 2. The summed E-state index contributed by atoms with van der Waals surface area (Å²) in [5.74, 6) is 0. The van der Waals surface area contributed by atoms with Crippen molar-refractivity contribution >= 4 is 0 Å². The maximum atomic E-state index is 13.4. The topological polar surface area (TPSA) is 24.1 Å². The van der Waals surface area contributed by atoms with Crippen molar-refractivity contribution in [3.8, 4) is 0 Å². The van der Waals surface area contributed by atoms with E-state index in [0.717, 1.165) is 19.5 Å². The van der Waals surface area contributed by atoms with E-state index in [4.69, 9.17) is 0 Å². The number of nitrogens with one attached hydrogen (secondary N) is 2. The molecule has 82 valence electrons. The van der Waals surface area contributed by atoms with Gasteiger partial charge in [0.1, 0.15) is 6.17 Å². The minimum absolute atomic E-state index is 0.00598. The summed E-state index contributed by atoms with van der Waals surface area (Å²) in [5, 5.41) is 6.32. The van der Waals surface area contributed by atoms with Gasteiger partial charge in [0.15, 0.2) is 0 Å². The van der Waals surface area contributed by atoms with Gasteiger partial charge >= 0.3 is 0 Å². The van der Waals surface area contributed by atoms with Gasteiger partial charge < -0.3 is 10.6 Å². The SMILES string of the molecule is F[C@@H]1CNCC[C@H]1NCc1ccccc1. The van der Waals surface area contributed by atoms with Crippen LogP contribution < -0.4 is 10.6 Å². The Kier molecular flexibility index (Phi) is 3.69. The summed E-state index contributed by atoms with van der Waals surface area (Å²) in [4.78, 5) is 0. The standard InChI is InChI=1S/C12H17FN2/c13-11-9-14-7-6-12(11)15-8-10-4-2-1-3-5-10/h1-5,11-12,14-15H,6-9H2/t11-,12-/m1/s1. The van der Waals surface area contributed by atoms with E-state index in [1.54, 1.807) is 0 Å². The molecule has 0 unspecified atom stereocenters. The molecule has 0 aromatic heterocycles. The largest absolute Gasteiger partial charge is 0.314 e. The lowest BCUT2D eigenvalue weighted by atomic mass is 10.0. The van der Waals surface area contributed by atoms with Crippen LogP contribution in [0, 0.1) is 0 Å². The lowest BCUT2D eigenvalue weighted by Gasteiger charge is -2.27. The van der Waals surface area contributed by atoms with E-state index in [9.17, 15) is 4.39 Å². The Balaban J connectivity index is 1.82. The molecule has 1 heterocycles. The van der Waals surface area contributed by atoms with Crippen LogP contribution in [0.1, 0.15) is 12.0 Å². The van der Waals surface area contributed by atoms with E-state index >= 15 is 0 Å². The van der Waals surface area contributed by atoms with E-state index in [1.807, 2.05) is 18.2 Å². The van der Waals surface area contributed by atoms with Crippen molar-refractivity contribution < 1.29 is 4.39 Å². The van der Waals surface area contributed by atoms with Gasteiger partial charge in [0.05, 0.1) is 0 Å². The van der Waals surface area contributed by atoms with E-state index in [1.165, 1.54) is 5.56 Å². The minimum atomic E-state index is -0.762. The summed E-state index contributed by atoms with van der Waals surface area (Å²) >= 11 is 0. The molecule has 0 aliphatic carbocycles. The van der Waals surface area contributed by atoms with E-state index < -0.39 is 6.17 Å². The summed E-state index contributed by atoms with van der Waals surface area (Å²) in [6, 6.07) is 10.1. The number of rotatable bonds is 3. The zero-order valence-electron chi connectivity index (χ0n) is 8.75. The number of alkyl halides is 1. The summed E-state index contributed by atoms with van der Waals surface area (Å²) in [5.41, 5.74) is 1.21. The van der Waals surface area contributed by atoms with Gasteiger partial charge in [-0.3, -0.25) is 0 Å². The highest BCUT2D eigenvalue weighted by Crippen LogP contribution is 2.08. The van der Waals surface area contributed by atoms with Crippen molar-refractivity contribution in [2.75, 3.05) is 13.1 Å². The number of halogens is 1. The third kappa shape index (κ3) is 3.01. The number of hydrogen-bond donors (Lipinski definition) is 2. The Labute approximate surface area is 89.9 Å². The molecular formula is C12H17FN2. The first-order chi connectivity index (χ1) is 7.36. The van der Waals surface area contributed by atoms with E-state index in [2.05, 4.69) is 22.8 Å². The Hall–Kier alpha value is -0.930. The van der Waals surface area contributed by atoms with Crippen LogP contribution in [0.15, 0.2) is 30.3 Å². The molecule has 2 N–H and O–H groups in total. The lowest BCUT2D eigenvalue weighted by molar-refractivity contribution is 0.202. The monoisotopic (exact) mass is 208 g/mol. The van der Waals surface area contributed by atoms with Crippen molar-refractivity contribution in [2.24, 2.45) is 0 Å². The van der Waals surface area contributed by atoms with Crippen LogP contribution >= 0.6 is 0 Å². The van der Waals surface area contributed by atoms with Gasteiger partial charge in [-0.2, -0.15) is 0 Å². The van der Waals surface area contributed by atoms with Crippen LogP contribution in [0.25, 0.3) is 0 Å². The molecule has 0 bridgehead atoms. The molecule has 1 fully saturated rings. The van der Waals surface area contributed by atoms with Crippen molar-refractivity contribution in [1.29, 1.82) is 0 Å². The van der Waals surface area contributed by atoms with Crippen molar-refractivity contribution in [2.45, 2.75) is 25.2 Å². The lowest BCUT2D eigenvalue weighted by Crippen LogP contribution is -2.48. The highest BCUT2D eigenvalue weighted by atomic mass is 19.1. The van der Waals surface area contributed by atoms with Gasteiger partial charge in [-0.15, -0.1) is 0 Å². The predicted octanol–water partition coefficient (Wildman–Crippen LogP) is 1.48. The van der Waals surface area contributed by atoms with Crippen LogP contribution in [-0.4, -0.2) is 25.3 Å². The molecule has 0 amide bonds. The molecule has 0 saturated carbocycles. The molecule has 2 rings (SSSR count). The molecule has 1 aliphatic heterocycles. The zero-order chi connectivity index (χ0) is 10.5. The van der Waals surface area contributed by atoms with Crippen LogP contribution in [0.2, 0.25) is 0 Å². The Morgan fingerprint density at radius 1 is 1.33 bits per heavy atom. The Bertz CT molecular complexity index is 289. The van der Waals surface area contributed by atoms with Crippen molar-refractivity contribution in [1.82, 2.24) is 10.6 Å². The highest BCUT2D eigenvalue weighted by Gasteiger charge is 2.23. The fraction of sp³-hybridized carbons (Fsp3) is 0.500. The molecule has 1 saturated heterocycles. The molecule has 3 heteroatoms. The molecular weight excluding hydrogens is 191 g/mol. The molecule has 15 heavy (non-hydrogen) atoms. The molecule has 0 radical (unpaired) electrons. The predicted molar refractivity (Wildman–Crippen MR) is 59.5 cm³/mol. The quantitative estimate of drug-likeness (QED) is 0.786. The second kappa shape index (κ2) is 5.24. The fourth-order valence-corrected chi connectivity index (χ4v) is 1.90. The average Bonchev–Trinajstić information content (AvgIpc) is 2.29. The van der Waals surface area contributed by atoms with Gasteiger partial charge in [-0.25, -0.2) is 4.39 Å². The molecule has 1 aromatic carbocycles. The van der Waals surface area contributed by atoms with E-state index in [0.29, 0.717) is 6.54 Å². The summed E-state index contributed by atoms with van der Waals surface area (Å²) in [7, 11) is 0. The minimum Gasteiger partial charge on any atom is -0.314 e. The van der Waals surface area contributed by atoms with Crippen LogP contribution in [0.3, 0.4) is 0 Å². The third-order valence-electron chi connectivity index (χ3n) is 2.82. The van der Waals surface area contributed by atoms with Gasteiger partial charge in [-0.1, -0.05) is 30.3 Å². The molecule has 2 atom stereocenters. The zero-order valence-corrected chi connectivity index (χ0v) is 8.75. The van der Waals surface area contributed by atoms with E-state index in [-0.39, 0.29) is 6.04 Å². The Morgan fingerprint density at radius 3 is 2.87 bits per heavy atom. The second-order valence-corrected chi connectivity index (χ2v) is 3.98. The van der Waals surface area contributed by atoms with Gasteiger partial charge in [0, 0.05) is 19.1 Å². The van der Waals surface area contributed by atoms with Crippen molar-refractivity contribution in [3.63, 3.8) is 0 Å². The van der Waals surface area contributed by atoms with Gasteiger partial charge in [-0.05, 0) is 18.5 Å². The van der Waals surface area contributed by atoms with Crippen molar-refractivity contribution in [3.05, 3.63) is 35.9 Å². The number of benzene rings is 1. The first kappa shape index (κ1) is 10.6. The Morgan fingerprint density at radius 2 is 2.13 bits per heavy atom. The first-order valence-electron chi connectivity index (χ1n) is 5.48. The summed E-state index contributed by atoms with van der Waals surface area (Å²) in [6.45, 7) is 2.14. The maximum absolute atomic E-state index is 13.4. The average molecular weight is 208 g/mol. The van der Waals surface area contributed by atoms with Gasteiger partial charge in [0.25, 0.3) is 0 Å². The van der Waals surface area contributed by atoms with Crippen LogP contribution in [-0.2, 0) is 6.54 Å². The summed E-state index contributed by atoms with van der Waals surface area (Å²) in [6.07, 6.45) is 0.107. The van der Waals surface area contributed by atoms with Gasteiger partial charge in [0.2, 0.25) is 0 Å². The van der Waals surface area contributed by atoms with Crippen LogP contribution in [0.5, 0.6) is 0 Å². The smallest absolute Gasteiger partial charge is 0.128 e. The third-order valence-corrected chi connectivity index (χ3v) is 2.82. The number of piperidine rings is 1. The first-order valence-corrected chi connectivity index (χ1v) is 5.48. The second-order valence-electron chi connectivity index (χ2n) is 3.98. The molecule has 1 aliphatic rings. The maximum Gasteiger partial charge on any atom is 0.128 e. The molecule has 1 aromatic rings. The fourth-order valence-electron chi connectivity index (χ4n) is 1.90.